The predicted octanol–water partition coefficient (Wildman–Crippen LogP) is 4.76. The summed E-state index contributed by atoms with van der Waals surface area (Å²) < 4.78 is 30.7. The summed E-state index contributed by atoms with van der Waals surface area (Å²) >= 11 is 0. The van der Waals surface area contributed by atoms with Crippen molar-refractivity contribution >= 4 is 34.7 Å². The molecule has 260 valence electrons. The number of methoxy groups -OCH3 is 1. The second-order valence-electron chi connectivity index (χ2n) is 13.2. The van der Waals surface area contributed by atoms with Crippen molar-refractivity contribution in [2.24, 2.45) is 0 Å². The van der Waals surface area contributed by atoms with Gasteiger partial charge in [-0.25, -0.2) is 9.59 Å². The van der Waals surface area contributed by atoms with Crippen LogP contribution in [0.1, 0.15) is 50.0 Å². The number of ether oxygens (including phenoxy) is 3. The first kappa shape index (κ1) is 34.6. The molecule has 0 radical (unpaired) electrons. The number of hydrogen-bond donors (Lipinski definition) is 1. The Bertz CT molecular complexity index is 1850. The van der Waals surface area contributed by atoms with E-state index in [9.17, 15) is 23.4 Å². The molecular formula is C38H39N3O8S. The molecule has 0 aliphatic carbocycles. The van der Waals surface area contributed by atoms with Gasteiger partial charge in [0.25, 0.3) is 5.91 Å². The third-order valence-corrected chi connectivity index (χ3v) is 10.2. The lowest BCUT2D eigenvalue weighted by Crippen LogP contribution is -2.73. The lowest BCUT2D eigenvalue weighted by Gasteiger charge is -2.49. The van der Waals surface area contributed by atoms with E-state index >= 15 is 0 Å². The van der Waals surface area contributed by atoms with E-state index in [2.05, 4.69) is 5.32 Å². The molecule has 3 aromatic carbocycles. The summed E-state index contributed by atoms with van der Waals surface area (Å²) in [7, 11) is -0.169. The number of nitrogens with one attached hydrogen (secondary N) is 1. The summed E-state index contributed by atoms with van der Waals surface area (Å²) in [5.41, 5.74) is 1.99. The number of fused-ring (bicyclic) bond motifs is 1. The van der Waals surface area contributed by atoms with Gasteiger partial charge in [-0.1, -0.05) is 78.9 Å². The molecule has 3 heterocycles. The first-order valence-electron chi connectivity index (χ1n) is 16.3. The molecule has 11 nitrogen and oxygen atoms in total. The standard InChI is InChI=1S/C38H39N3O8S/c1-38(2,3)49-37(45)39-30-34(43)41-31(36(44)48-32(24-13-7-5-8-14-24)25-15-9-6-10-16-25)28(23-50(46)35(30)41)21-26-19-20-40(33(26)42)22-27-17-11-12-18-29(27)47-4/h5-18,21,30,32,35H,19-20,22-23H2,1-4H3,(H,39,45)/b26-21+. The predicted molar refractivity (Wildman–Crippen MR) is 186 cm³/mol. The van der Waals surface area contributed by atoms with Crippen LogP contribution in [0.2, 0.25) is 0 Å². The molecule has 0 aromatic heterocycles. The number of carbonyl (C=O) groups is 4. The Balaban J connectivity index is 1.35. The average Bonchev–Trinajstić information content (AvgIpc) is 3.43. The van der Waals surface area contributed by atoms with E-state index in [0.29, 0.717) is 42.0 Å². The minimum absolute atomic E-state index is 0.109. The highest BCUT2D eigenvalue weighted by Gasteiger charge is 2.58. The zero-order valence-corrected chi connectivity index (χ0v) is 29.1. The number of esters is 1. The van der Waals surface area contributed by atoms with Gasteiger partial charge in [0.1, 0.15) is 28.5 Å². The highest BCUT2D eigenvalue weighted by molar-refractivity contribution is 7.86. The third-order valence-electron chi connectivity index (χ3n) is 8.57. The molecule has 50 heavy (non-hydrogen) atoms. The minimum atomic E-state index is -1.74. The number of hydrogen-bond acceptors (Lipinski definition) is 8. The molecule has 2 saturated heterocycles. The van der Waals surface area contributed by atoms with Gasteiger partial charge in [-0.15, -0.1) is 0 Å². The first-order valence-corrected chi connectivity index (χ1v) is 17.7. The van der Waals surface area contributed by atoms with Crippen LogP contribution < -0.4 is 10.1 Å². The number of β-lactam (4-membered cyclic amide) rings is 1. The van der Waals surface area contributed by atoms with Crippen LogP contribution in [0.5, 0.6) is 5.75 Å². The molecule has 1 N–H and O–H groups in total. The van der Waals surface area contributed by atoms with Gasteiger partial charge >= 0.3 is 12.1 Å². The van der Waals surface area contributed by atoms with E-state index in [0.717, 1.165) is 10.5 Å². The van der Waals surface area contributed by atoms with E-state index in [1.54, 1.807) is 38.9 Å². The second kappa shape index (κ2) is 14.3. The Labute approximate surface area is 293 Å². The van der Waals surface area contributed by atoms with E-state index in [-0.39, 0.29) is 22.9 Å². The number of para-hydroxylation sites is 1. The number of likely N-dealkylation sites (tertiary alicyclic amines) is 1. The van der Waals surface area contributed by atoms with Crippen molar-refractivity contribution in [3.05, 3.63) is 125 Å². The van der Waals surface area contributed by atoms with E-state index in [1.165, 1.54) is 0 Å². The maximum atomic E-state index is 14.3. The highest BCUT2D eigenvalue weighted by atomic mass is 32.2. The van der Waals surface area contributed by atoms with Crippen LogP contribution in [0.25, 0.3) is 0 Å². The fourth-order valence-corrected chi connectivity index (χ4v) is 7.92. The van der Waals surface area contributed by atoms with Gasteiger partial charge in [0.2, 0.25) is 5.91 Å². The minimum Gasteiger partial charge on any atom is -0.496 e. The van der Waals surface area contributed by atoms with Crippen LogP contribution in [0, 0.1) is 0 Å². The molecular weight excluding hydrogens is 658 g/mol. The van der Waals surface area contributed by atoms with Crippen molar-refractivity contribution in [2.45, 2.75) is 56.9 Å². The molecule has 12 heteroatoms. The molecule has 3 aliphatic heterocycles. The Morgan fingerprint density at radius 1 is 0.960 bits per heavy atom. The van der Waals surface area contributed by atoms with Gasteiger partial charge in [-0.3, -0.25) is 18.7 Å². The molecule has 0 saturated carbocycles. The maximum absolute atomic E-state index is 14.3. The largest absolute Gasteiger partial charge is 0.496 e. The number of nitrogens with zero attached hydrogens (tertiary/aromatic N) is 2. The van der Waals surface area contributed by atoms with Crippen molar-refractivity contribution in [2.75, 3.05) is 19.4 Å². The molecule has 3 atom stereocenters. The second-order valence-corrected chi connectivity index (χ2v) is 14.7. The number of rotatable bonds is 9. The molecule has 3 aromatic rings. The number of alkyl carbamates (subject to hydrolysis) is 1. The zero-order chi connectivity index (χ0) is 35.6. The summed E-state index contributed by atoms with van der Waals surface area (Å²) in [6.07, 6.45) is 0.280. The Morgan fingerprint density at radius 2 is 1.58 bits per heavy atom. The van der Waals surface area contributed by atoms with Crippen molar-refractivity contribution in [3.8, 4) is 5.75 Å². The normalized spacial score (nSPS) is 21.2. The van der Waals surface area contributed by atoms with Gasteiger partial charge in [-0.05, 0) is 56.0 Å². The Hall–Kier alpha value is -5.23. The van der Waals surface area contributed by atoms with Gasteiger partial charge in [0.05, 0.1) is 23.7 Å². The van der Waals surface area contributed by atoms with E-state index in [1.807, 2.05) is 84.9 Å². The molecule has 3 unspecified atom stereocenters. The van der Waals surface area contributed by atoms with Gasteiger partial charge in [-0.2, -0.15) is 0 Å². The number of allylic oxidation sites excluding steroid dienone is 1. The average molecular weight is 698 g/mol. The summed E-state index contributed by atoms with van der Waals surface area (Å²) in [6.45, 7) is 5.81. The lowest BCUT2D eigenvalue weighted by molar-refractivity contribution is -0.153. The van der Waals surface area contributed by atoms with Gasteiger partial charge < -0.3 is 24.4 Å². The fourth-order valence-electron chi connectivity index (χ4n) is 6.29. The van der Waals surface area contributed by atoms with Crippen molar-refractivity contribution in [1.29, 1.82) is 0 Å². The monoisotopic (exact) mass is 697 g/mol. The Kier molecular flexibility index (Phi) is 9.92. The number of benzene rings is 3. The van der Waals surface area contributed by atoms with Crippen molar-refractivity contribution in [3.63, 3.8) is 0 Å². The molecule has 2 fully saturated rings. The van der Waals surface area contributed by atoms with E-state index in [4.69, 9.17) is 14.2 Å². The molecule has 0 spiro atoms. The highest BCUT2D eigenvalue weighted by Crippen LogP contribution is 2.38. The molecule has 3 aliphatic rings. The summed E-state index contributed by atoms with van der Waals surface area (Å²) in [4.78, 5) is 57.2. The molecule has 3 amide bonds. The first-order chi connectivity index (χ1) is 23.9. The Morgan fingerprint density at radius 3 is 2.20 bits per heavy atom. The van der Waals surface area contributed by atoms with Gasteiger partial charge in [0.15, 0.2) is 6.10 Å². The number of carbonyl (C=O) groups excluding carboxylic acids is 4. The van der Waals surface area contributed by atoms with Crippen LogP contribution in [0.4, 0.5) is 4.79 Å². The lowest BCUT2D eigenvalue weighted by atomic mass is 10.00. The van der Waals surface area contributed by atoms with Crippen molar-refractivity contribution in [1.82, 2.24) is 15.1 Å². The fraction of sp³-hybridized carbons (Fsp3) is 0.316. The summed E-state index contributed by atoms with van der Waals surface area (Å²) in [5, 5.41) is 1.50. The quantitative estimate of drug-likeness (QED) is 0.192. The van der Waals surface area contributed by atoms with Crippen molar-refractivity contribution < 1.29 is 37.6 Å². The molecule has 0 bridgehead atoms. The number of amides is 3. The SMILES string of the molecule is COc1ccccc1CN1CC/C(=C\C2=C(C(=O)OC(c3ccccc3)c3ccccc3)N3C(=O)C(NC(=O)OC(C)(C)C)C3S(=O)C2)C1=O. The van der Waals surface area contributed by atoms with Crippen LogP contribution in [-0.2, 0) is 41.2 Å². The molecule has 6 rings (SSSR count). The van der Waals surface area contributed by atoms with Crippen LogP contribution in [0.15, 0.2) is 108 Å². The zero-order valence-electron chi connectivity index (χ0n) is 28.3. The maximum Gasteiger partial charge on any atom is 0.408 e. The summed E-state index contributed by atoms with van der Waals surface area (Å²) in [6, 6.07) is 24.7. The summed E-state index contributed by atoms with van der Waals surface area (Å²) in [5.74, 6) is -1.18. The van der Waals surface area contributed by atoms with Crippen LogP contribution >= 0.6 is 0 Å². The van der Waals surface area contributed by atoms with Crippen LogP contribution in [0.3, 0.4) is 0 Å². The van der Waals surface area contributed by atoms with Gasteiger partial charge in [0, 0.05) is 24.2 Å². The topological polar surface area (TPSA) is 132 Å². The van der Waals surface area contributed by atoms with Crippen LogP contribution in [-0.4, -0.2) is 74.3 Å². The smallest absolute Gasteiger partial charge is 0.408 e. The van der Waals surface area contributed by atoms with E-state index < -0.39 is 51.9 Å². The third kappa shape index (κ3) is 7.20.